The first kappa shape index (κ1) is 18.4. The molecule has 29 heavy (non-hydrogen) atoms. The van der Waals surface area contributed by atoms with Crippen LogP contribution in [0, 0.1) is 6.92 Å². The van der Waals surface area contributed by atoms with Gasteiger partial charge in [-0.05, 0) is 25.1 Å². The van der Waals surface area contributed by atoms with Crippen molar-refractivity contribution in [2.75, 3.05) is 13.2 Å². The number of aliphatic hydroxyl groups excluding tert-OH is 2. The molecule has 1 saturated carbocycles. The lowest BCUT2D eigenvalue weighted by molar-refractivity contribution is -0.0166. The number of nitrogens with one attached hydrogen (secondary N) is 1. The van der Waals surface area contributed by atoms with Crippen LogP contribution in [0.4, 0.5) is 0 Å². The van der Waals surface area contributed by atoms with E-state index in [4.69, 9.17) is 9.47 Å². The Morgan fingerprint density at radius 2 is 2.10 bits per heavy atom. The molecule has 2 aliphatic rings. The molecular weight excluding hydrogens is 372 g/mol. The molecule has 1 fully saturated rings. The van der Waals surface area contributed by atoms with E-state index in [9.17, 15) is 10.2 Å². The molecule has 3 N–H and O–H groups in total. The van der Waals surface area contributed by atoms with Crippen LogP contribution in [0.1, 0.15) is 23.7 Å². The molecule has 3 aromatic rings. The minimum absolute atomic E-state index is 0.335. The van der Waals surface area contributed by atoms with Gasteiger partial charge in [-0.1, -0.05) is 6.07 Å². The Bertz CT molecular complexity index is 1040. The molecule has 152 valence electrons. The fourth-order valence-electron chi connectivity index (χ4n) is 4.30. The number of benzene rings is 1. The molecule has 3 heterocycles. The lowest BCUT2D eigenvalue weighted by Crippen LogP contribution is -2.34. The summed E-state index contributed by atoms with van der Waals surface area (Å²) in [6.45, 7) is 3.93. The normalized spacial score (nSPS) is 26.7. The second-order valence-electron chi connectivity index (χ2n) is 7.62. The number of aryl methyl sites for hydroxylation is 1. The van der Waals surface area contributed by atoms with Crippen molar-refractivity contribution >= 4 is 11.0 Å². The van der Waals surface area contributed by atoms with E-state index in [1.54, 1.807) is 0 Å². The third-order valence-corrected chi connectivity index (χ3v) is 5.87. The van der Waals surface area contributed by atoms with Crippen LogP contribution in [0.3, 0.4) is 0 Å². The number of hydrogen-bond donors (Lipinski definition) is 3. The zero-order valence-corrected chi connectivity index (χ0v) is 16.2. The average molecular weight is 396 g/mol. The number of nitrogens with zero attached hydrogens (tertiary/aromatic N) is 3. The second-order valence-corrected chi connectivity index (χ2v) is 7.62. The van der Waals surface area contributed by atoms with Crippen LogP contribution in [-0.2, 0) is 6.54 Å². The first-order valence-electron chi connectivity index (χ1n) is 9.90. The molecular formula is C21H24N4O4. The van der Waals surface area contributed by atoms with Crippen molar-refractivity contribution in [2.24, 2.45) is 0 Å². The van der Waals surface area contributed by atoms with Gasteiger partial charge in [-0.3, -0.25) is 0 Å². The summed E-state index contributed by atoms with van der Waals surface area (Å²) in [4.78, 5) is 8.60. The van der Waals surface area contributed by atoms with E-state index in [0.29, 0.717) is 25.3 Å². The molecule has 8 nitrogen and oxygen atoms in total. The Kier molecular flexibility index (Phi) is 4.61. The number of aromatic nitrogens is 3. The molecule has 2 aromatic heterocycles. The summed E-state index contributed by atoms with van der Waals surface area (Å²) in [5.74, 6) is 1.46. The number of ether oxygens (including phenoxy) is 2. The maximum absolute atomic E-state index is 10.8. The highest BCUT2D eigenvalue weighted by Gasteiger charge is 2.44. The highest BCUT2D eigenvalue weighted by molar-refractivity contribution is 5.78. The number of aliphatic hydroxyl groups is 2. The molecule has 5 rings (SSSR count). The zero-order valence-electron chi connectivity index (χ0n) is 16.2. The highest BCUT2D eigenvalue weighted by Crippen LogP contribution is 2.38. The van der Waals surface area contributed by atoms with Crippen LogP contribution >= 0.6 is 0 Å². The number of fused-ring (bicyclic) bond motifs is 2. The predicted molar refractivity (Wildman–Crippen MR) is 106 cm³/mol. The topological polar surface area (TPSA) is 102 Å². The Morgan fingerprint density at radius 1 is 1.21 bits per heavy atom. The highest BCUT2D eigenvalue weighted by atomic mass is 16.5. The van der Waals surface area contributed by atoms with Gasteiger partial charge in [0.25, 0.3) is 0 Å². The summed E-state index contributed by atoms with van der Waals surface area (Å²) < 4.78 is 13.9. The van der Waals surface area contributed by atoms with Crippen molar-refractivity contribution in [1.29, 1.82) is 0 Å². The van der Waals surface area contributed by atoms with E-state index >= 15 is 0 Å². The molecule has 4 atom stereocenters. The zero-order chi connectivity index (χ0) is 20.0. The van der Waals surface area contributed by atoms with Gasteiger partial charge in [0.2, 0.25) is 0 Å². The summed E-state index contributed by atoms with van der Waals surface area (Å²) in [6, 6.07) is 7.29. The van der Waals surface area contributed by atoms with Crippen molar-refractivity contribution in [3.05, 3.63) is 48.0 Å². The standard InChI is InChI=1S/C21H24N4O4/c1-12-13-5-7-25(21(13)24-11-23-12)15-9-18(20(27)19(15)26)29-17-4-2-3-16-14(17)10-22-6-8-28-16/h2-5,7,11,15,18-20,22,26-27H,6,8-10H2,1H3/t15?,18?,19-,20+/m0/s1. The van der Waals surface area contributed by atoms with Crippen molar-refractivity contribution in [2.45, 2.75) is 44.2 Å². The minimum atomic E-state index is -1.00. The maximum atomic E-state index is 10.8. The van der Waals surface area contributed by atoms with E-state index in [0.717, 1.165) is 34.6 Å². The first-order chi connectivity index (χ1) is 14.1. The van der Waals surface area contributed by atoms with Gasteiger partial charge in [-0.25, -0.2) is 9.97 Å². The van der Waals surface area contributed by atoms with Gasteiger partial charge < -0.3 is 29.6 Å². The van der Waals surface area contributed by atoms with Crippen LogP contribution in [0.15, 0.2) is 36.8 Å². The minimum Gasteiger partial charge on any atom is -0.492 e. The smallest absolute Gasteiger partial charge is 0.143 e. The van der Waals surface area contributed by atoms with Crippen molar-refractivity contribution in [1.82, 2.24) is 19.9 Å². The fraction of sp³-hybridized carbons (Fsp3) is 0.429. The Morgan fingerprint density at radius 3 is 3.00 bits per heavy atom. The summed E-state index contributed by atoms with van der Waals surface area (Å²) >= 11 is 0. The Hall–Kier alpha value is -2.68. The molecule has 0 amide bonds. The van der Waals surface area contributed by atoms with Crippen LogP contribution < -0.4 is 14.8 Å². The largest absolute Gasteiger partial charge is 0.492 e. The van der Waals surface area contributed by atoms with Crippen LogP contribution in [0.25, 0.3) is 11.0 Å². The monoisotopic (exact) mass is 396 g/mol. The quantitative estimate of drug-likeness (QED) is 0.614. The van der Waals surface area contributed by atoms with Gasteiger partial charge in [0.15, 0.2) is 0 Å². The van der Waals surface area contributed by atoms with E-state index < -0.39 is 18.3 Å². The summed E-state index contributed by atoms with van der Waals surface area (Å²) in [5.41, 5.74) is 2.57. The van der Waals surface area contributed by atoms with E-state index in [-0.39, 0.29) is 6.04 Å². The van der Waals surface area contributed by atoms with E-state index in [1.165, 1.54) is 6.33 Å². The van der Waals surface area contributed by atoms with Crippen molar-refractivity contribution in [3.63, 3.8) is 0 Å². The lowest BCUT2D eigenvalue weighted by atomic mass is 10.1. The fourth-order valence-corrected chi connectivity index (χ4v) is 4.30. The molecule has 0 radical (unpaired) electrons. The van der Waals surface area contributed by atoms with Crippen LogP contribution in [-0.4, -0.2) is 56.2 Å². The van der Waals surface area contributed by atoms with Gasteiger partial charge in [0.05, 0.1) is 11.7 Å². The molecule has 8 heteroatoms. The Labute approximate surface area is 168 Å². The SMILES string of the molecule is Cc1ncnc2c1ccn2C1CC(Oc2cccc3c2CNCCO3)[C@@H](O)[C@H]1O. The molecule has 0 spiro atoms. The molecule has 1 aliphatic carbocycles. The summed E-state index contributed by atoms with van der Waals surface area (Å²) in [6.07, 6.45) is 1.38. The molecule has 1 aliphatic heterocycles. The molecule has 0 bridgehead atoms. The predicted octanol–water partition coefficient (Wildman–Crippen LogP) is 1.34. The van der Waals surface area contributed by atoms with Gasteiger partial charge in [0, 0.05) is 36.7 Å². The van der Waals surface area contributed by atoms with Crippen molar-refractivity contribution < 1.29 is 19.7 Å². The first-order valence-corrected chi connectivity index (χ1v) is 9.90. The van der Waals surface area contributed by atoms with Crippen LogP contribution in [0.2, 0.25) is 0 Å². The lowest BCUT2D eigenvalue weighted by Gasteiger charge is -2.20. The summed E-state index contributed by atoms with van der Waals surface area (Å²) in [5, 5.41) is 25.7. The van der Waals surface area contributed by atoms with Gasteiger partial charge in [0.1, 0.15) is 48.4 Å². The molecule has 2 unspecified atom stereocenters. The maximum Gasteiger partial charge on any atom is 0.143 e. The second kappa shape index (κ2) is 7.29. The van der Waals surface area contributed by atoms with E-state index in [2.05, 4.69) is 15.3 Å². The third kappa shape index (κ3) is 3.13. The number of rotatable bonds is 3. The Balaban J connectivity index is 1.43. The molecule has 0 saturated heterocycles. The third-order valence-electron chi connectivity index (χ3n) is 5.87. The number of hydrogen-bond acceptors (Lipinski definition) is 7. The van der Waals surface area contributed by atoms with Crippen molar-refractivity contribution in [3.8, 4) is 11.5 Å². The van der Waals surface area contributed by atoms with E-state index in [1.807, 2.05) is 42.0 Å². The van der Waals surface area contributed by atoms with Gasteiger partial charge in [-0.2, -0.15) is 0 Å². The van der Waals surface area contributed by atoms with Gasteiger partial charge in [-0.15, -0.1) is 0 Å². The summed E-state index contributed by atoms with van der Waals surface area (Å²) in [7, 11) is 0. The van der Waals surface area contributed by atoms with Crippen LogP contribution in [0.5, 0.6) is 11.5 Å². The average Bonchev–Trinajstić information content (AvgIpc) is 3.15. The van der Waals surface area contributed by atoms with Gasteiger partial charge >= 0.3 is 0 Å². The molecule has 1 aromatic carbocycles.